The topological polar surface area (TPSA) is 78.9 Å². The van der Waals surface area contributed by atoms with Crippen molar-refractivity contribution >= 4 is 33.7 Å². The SMILES string of the molecule is CC(=O)Oc1ccc(C2COc3c(ccc(OC(C)=O)c3Br)C2=O)cc1. The highest BCUT2D eigenvalue weighted by molar-refractivity contribution is 9.10. The molecule has 0 aromatic heterocycles. The molecule has 1 heterocycles. The highest BCUT2D eigenvalue weighted by Crippen LogP contribution is 2.42. The van der Waals surface area contributed by atoms with Crippen molar-refractivity contribution in [1.82, 2.24) is 0 Å². The minimum atomic E-state index is -0.472. The second kappa shape index (κ2) is 7.29. The van der Waals surface area contributed by atoms with E-state index in [4.69, 9.17) is 14.2 Å². The number of fused-ring (bicyclic) bond motifs is 1. The zero-order valence-corrected chi connectivity index (χ0v) is 15.7. The Morgan fingerprint density at radius 3 is 2.31 bits per heavy atom. The number of Topliss-reactive ketones (excluding diaryl/α,β-unsaturated/α-hetero) is 1. The quantitative estimate of drug-likeness (QED) is 0.558. The maximum Gasteiger partial charge on any atom is 0.308 e. The van der Waals surface area contributed by atoms with Crippen LogP contribution in [0.1, 0.15) is 35.7 Å². The molecule has 2 aromatic carbocycles. The van der Waals surface area contributed by atoms with E-state index >= 15 is 0 Å². The molecule has 26 heavy (non-hydrogen) atoms. The van der Waals surface area contributed by atoms with Crippen molar-refractivity contribution in [2.24, 2.45) is 0 Å². The Balaban J connectivity index is 1.87. The molecule has 1 aliphatic heterocycles. The Hall–Kier alpha value is -2.67. The summed E-state index contributed by atoms with van der Waals surface area (Å²) in [5.74, 6) is -0.355. The van der Waals surface area contributed by atoms with Crippen LogP contribution in [0.3, 0.4) is 0 Å². The summed E-state index contributed by atoms with van der Waals surface area (Å²) in [5, 5.41) is 0. The molecule has 0 N–H and O–H groups in total. The second-order valence-electron chi connectivity index (χ2n) is 5.74. The molecule has 0 saturated carbocycles. The van der Waals surface area contributed by atoms with E-state index in [9.17, 15) is 14.4 Å². The predicted molar refractivity (Wildman–Crippen MR) is 95.8 cm³/mol. The average Bonchev–Trinajstić information content (AvgIpc) is 2.58. The van der Waals surface area contributed by atoms with E-state index in [-0.39, 0.29) is 12.4 Å². The van der Waals surface area contributed by atoms with Crippen molar-refractivity contribution in [3.63, 3.8) is 0 Å². The van der Waals surface area contributed by atoms with Gasteiger partial charge in [-0.05, 0) is 45.8 Å². The number of ketones is 1. The van der Waals surface area contributed by atoms with E-state index in [0.29, 0.717) is 27.3 Å². The molecule has 3 rings (SSSR count). The molecule has 0 bridgehead atoms. The van der Waals surface area contributed by atoms with Crippen molar-refractivity contribution in [3.8, 4) is 17.2 Å². The maximum atomic E-state index is 12.9. The van der Waals surface area contributed by atoms with Gasteiger partial charge in [-0.2, -0.15) is 0 Å². The molecule has 7 heteroatoms. The first-order valence-corrected chi connectivity index (χ1v) is 8.62. The third kappa shape index (κ3) is 3.62. The zero-order valence-electron chi connectivity index (χ0n) is 14.1. The van der Waals surface area contributed by atoms with E-state index in [0.717, 1.165) is 5.56 Å². The fourth-order valence-corrected chi connectivity index (χ4v) is 3.26. The van der Waals surface area contributed by atoms with Gasteiger partial charge in [-0.25, -0.2) is 0 Å². The Morgan fingerprint density at radius 2 is 1.69 bits per heavy atom. The molecular weight excluding hydrogens is 404 g/mol. The Morgan fingerprint density at radius 1 is 1.04 bits per heavy atom. The van der Waals surface area contributed by atoms with Crippen LogP contribution in [0, 0.1) is 0 Å². The third-order valence-electron chi connectivity index (χ3n) is 3.84. The van der Waals surface area contributed by atoms with Crippen LogP contribution >= 0.6 is 15.9 Å². The highest BCUT2D eigenvalue weighted by Gasteiger charge is 2.32. The normalized spacial score (nSPS) is 15.7. The molecule has 134 valence electrons. The van der Waals surface area contributed by atoms with Gasteiger partial charge in [0.2, 0.25) is 0 Å². The number of halogens is 1. The molecule has 0 amide bonds. The molecule has 6 nitrogen and oxygen atoms in total. The van der Waals surface area contributed by atoms with Crippen LogP contribution in [0.4, 0.5) is 0 Å². The van der Waals surface area contributed by atoms with E-state index in [2.05, 4.69) is 15.9 Å². The van der Waals surface area contributed by atoms with Gasteiger partial charge in [0.25, 0.3) is 0 Å². The van der Waals surface area contributed by atoms with Gasteiger partial charge in [-0.3, -0.25) is 14.4 Å². The molecule has 1 aliphatic rings. The number of carbonyl (C=O) groups is 3. The van der Waals surface area contributed by atoms with Crippen LogP contribution in [0.2, 0.25) is 0 Å². The molecule has 0 radical (unpaired) electrons. The Labute approximate surface area is 158 Å². The third-order valence-corrected chi connectivity index (χ3v) is 4.59. The number of ether oxygens (including phenoxy) is 3. The first kappa shape index (κ1) is 18.1. The molecule has 0 saturated heterocycles. The lowest BCUT2D eigenvalue weighted by Gasteiger charge is -2.26. The van der Waals surface area contributed by atoms with Crippen molar-refractivity contribution < 1.29 is 28.6 Å². The summed E-state index contributed by atoms with van der Waals surface area (Å²) in [6.45, 7) is 2.78. The smallest absolute Gasteiger partial charge is 0.308 e. The second-order valence-corrected chi connectivity index (χ2v) is 6.53. The minimum Gasteiger partial charge on any atom is -0.490 e. The van der Waals surface area contributed by atoms with Crippen molar-refractivity contribution in [3.05, 3.63) is 52.0 Å². The van der Waals surface area contributed by atoms with Crippen molar-refractivity contribution in [2.45, 2.75) is 19.8 Å². The summed E-state index contributed by atoms with van der Waals surface area (Å²) in [4.78, 5) is 35.0. The monoisotopic (exact) mass is 418 g/mol. The summed E-state index contributed by atoms with van der Waals surface area (Å²) in [5.41, 5.74) is 1.17. The van der Waals surface area contributed by atoms with Crippen LogP contribution in [-0.2, 0) is 9.59 Å². The van der Waals surface area contributed by atoms with Crippen LogP contribution in [0.5, 0.6) is 17.2 Å². The van der Waals surface area contributed by atoms with Gasteiger partial charge in [0, 0.05) is 13.8 Å². The molecule has 1 unspecified atom stereocenters. The first-order valence-electron chi connectivity index (χ1n) is 7.83. The minimum absolute atomic E-state index is 0.0958. The molecule has 0 spiro atoms. The lowest BCUT2D eigenvalue weighted by molar-refractivity contribution is -0.132. The summed E-state index contributed by atoms with van der Waals surface area (Å²) in [6, 6.07) is 9.88. The van der Waals surface area contributed by atoms with Gasteiger partial charge in [0.05, 0.1) is 11.5 Å². The van der Waals surface area contributed by atoms with Gasteiger partial charge >= 0.3 is 11.9 Å². The van der Waals surface area contributed by atoms with E-state index < -0.39 is 17.9 Å². The van der Waals surface area contributed by atoms with Gasteiger partial charge in [0.1, 0.15) is 28.3 Å². The number of rotatable bonds is 3. The summed E-state index contributed by atoms with van der Waals surface area (Å²) < 4.78 is 16.3. The largest absolute Gasteiger partial charge is 0.490 e. The highest BCUT2D eigenvalue weighted by atomic mass is 79.9. The van der Waals surface area contributed by atoms with E-state index in [1.54, 1.807) is 36.4 Å². The zero-order chi connectivity index (χ0) is 18.8. The lowest BCUT2D eigenvalue weighted by Crippen LogP contribution is -2.26. The van der Waals surface area contributed by atoms with E-state index in [1.807, 2.05) is 0 Å². The molecule has 0 fully saturated rings. The molecule has 2 aromatic rings. The molecule has 1 atom stereocenters. The Kier molecular flexibility index (Phi) is 5.08. The number of carbonyl (C=O) groups excluding carboxylic acids is 3. The van der Waals surface area contributed by atoms with Crippen LogP contribution in [0.15, 0.2) is 40.9 Å². The van der Waals surface area contributed by atoms with Gasteiger partial charge in [-0.15, -0.1) is 0 Å². The lowest BCUT2D eigenvalue weighted by atomic mass is 9.89. The van der Waals surface area contributed by atoms with Crippen molar-refractivity contribution in [2.75, 3.05) is 6.61 Å². The Bertz CT molecular complexity index is 888. The van der Waals surface area contributed by atoms with Crippen LogP contribution < -0.4 is 14.2 Å². The number of hydrogen-bond acceptors (Lipinski definition) is 6. The summed E-state index contributed by atoms with van der Waals surface area (Å²) >= 11 is 3.33. The fourth-order valence-electron chi connectivity index (χ4n) is 2.72. The maximum absolute atomic E-state index is 12.9. The first-order chi connectivity index (χ1) is 12.4. The summed E-state index contributed by atoms with van der Waals surface area (Å²) in [6.07, 6.45) is 0. The van der Waals surface area contributed by atoms with Crippen LogP contribution in [0.25, 0.3) is 0 Å². The van der Waals surface area contributed by atoms with Gasteiger partial charge < -0.3 is 14.2 Å². The number of hydrogen-bond donors (Lipinski definition) is 0. The number of benzene rings is 2. The van der Waals surface area contributed by atoms with Crippen LogP contribution in [-0.4, -0.2) is 24.3 Å². The number of esters is 2. The van der Waals surface area contributed by atoms with Gasteiger partial charge in [-0.1, -0.05) is 12.1 Å². The molecule has 0 aliphatic carbocycles. The molecular formula is C19H15BrO6. The van der Waals surface area contributed by atoms with E-state index in [1.165, 1.54) is 13.8 Å². The standard InChI is InChI=1S/C19H15BrO6/c1-10(21)25-13-5-3-12(4-6-13)15-9-24-19-14(18(15)23)7-8-16(17(19)20)26-11(2)22/h3-8,15H,9H2,1-2H3. The fraction of sp³-hybridized carbons (Fsp3) is 0.211. The van der Waals surface area contributed by atoms with Gasteiger partial charge in [0.15, 0.2) is 5.78 Å². The van der Waals surface area contributed by atoms with Crippen molar-refractivity contribution in [1.29, 1.82) is 0 Å². The predicted octanol–water partition coefficient (Wildman–Crippen LogP) is 3.66. The average molecular weight is 419 g/mol. The summed E-state index contributed by atoms with van der Waals surface area (Å²) in [7, 11) is 0.